The number of anilines is 1. The van der Waals surface area contributed by atoms with Gasteiger partial charge in [-0.3, -0.25) is 9.58 Å². The van der Waals surface area contributed by atoms with Crippen LogP contribution in [0, 0.1) is 11.8 Å². The third kappa shape index (κ3) is 4.47. The van der Waals surface area contributed by atoms with E-state index in [1.807, 2.05) is 0 Å². The Labute approximate surface area is 218 Å². The van der Waals surface area contributed by atoms with E-state index in [1.54, 1.807) is 7.05 Å². The highest BCUT2D eigenvalue weighted by Gasteiger charge is 2.48. The lowest BCUT2D eigenvalue weighted by atomic mass is 9.75. The van der Waals surface area contributed by atoms with Gasteiger partial charge in [-0.05, 0) is 66.3 Å². The molecule has 9 heteroatoms. The number of likely N-dealkylation sites (tertiary alicyclic amines) is 1. The van der Waals surface area contributed by atoms with Gasteiger partial charge in [0.25, 0.3) is 10.0 Å². The zero-order chi connectivity index (χ0) is 25.1. The van der Waals surface area contributed by atoms with Crippen molar-refractivity contribution in [1.29, 1.82) is 0 Å². The highest BCUT2D eigenvalue weighted by atomic mass is 32.2. The summed E-state index contributed by atoms with van der Waals surface area (Å²) in [6.45, 7) is 3.85. The molecule has 37 heavy (non-hydrogen) atoms. The summed E-state index contributed by atoms with van der Waals surface area (Å²) in [5.41, 5.74) is 5.56. The van der Waals surface area contributed by atoms with E-state index < -0.39 is 10.0 Å². The number of fused-ring (bicyclic) bond motifs is 2. The predicted octanol–water partition coefficient (Wildman–Crippen LogP) is 2.58. The van der Waals surface area contributed by atoms with Crippen molar-refractivity contribution in [2.75, 3.05) is 31.1 Å². The van der Waals surface area contributed by atoms with Crippen LogP contribution in [-0.2, 0) is 29.9 Å². The number of piperidine rings is 1. The molecule has 0 spiro atoms. The zero-order valence-corrected chi connectivity index (χ0v) is 22.0. The van der Waals surface area contributed by atoms with Gasteiger partial charge in [0.05, 0.1) is 12.2 Å². The molecule has 3 heterocycles. The molecule has 194 valence electrons. The molecular weight excluding hydrogens is 484 g/mol. The third-order valence-corrected chi connectivity index (χ3v) is 10.3. The molecule has 1 N–H and O–H groups in total. The second-order valence-corrected chi connectivity index (χ2v) is 13.1. The van der Waals surface area contributed by atoms with Crippen LogP contribution in [0.25, 0.3) is 0 Å². The quantitative estimate of drug-likeness (QED) is 0.518. The molecule has 4 aliphatic rings. The van der Waals surface area contributed by atoms with Crippen LogP contribution in [0.15, 0.2) is 59.8 Å². The average molecular weight is 519 g/mol. The molecular formula is C28H34N6O2S. The lowest BCUT2D eigenvalue weighted by molar-refractivity contribution is 0.171. The average Bonchev–Trinajstić information content (AvgIpc) is 3.23. The maximum Gasteiger partial charge on any atom is 0.261 e. The summed E-state index contributed by atoms with van der Waals surface area (Å²) in [4.78, 5) is 5.07. The summed E-state index contributed by atoms with van der Waals surface area (Å²) in [6.07, 6.45) is 6.30. The van der Waals surface area contributed by atoms with E-state index in [2.05, 4.69) is 73.4 Å². The summed E-state index contributed by atoms with van der Waals surface area (Å²) < 4.78 is 29.5. The number of benzene rings is 2. The van der Waals surface area contributed by atoms with Gasteiger partial charge in [-0.2, -0.15) is 0 Å². The van der Waals surface area contributed by atoms with Gasteiger partial charge in [-0.15, -0.1) is 5.10 Å². The van der Waals surface area contributed by atoms with Crippen molar-refractivity contribution in [2.45, 2.75) is 48.7 Å². The number of aromatic nitrogens is 3. The fraction of sp³-hybridized carbons (Fsp3) is 0.500. The maximum atomic E-state index is 12.6. The SMILES string of the molecule is Cn1cc(S(=O)(=O)NC2CN(c3ccc4c(c3)[C@@H](Cc3ccccc3)[C@@H](N3CC5CC5C3)CC4)C2)nn1. The molecule has 2 aliphatic carbocycles. The minimum atomic E-state index is -3.66. The molecule has 3 aromatic rings. The first-order valence-corrected chi connectivity index (χ1v) is 15.0. The van der Waals surface area contributed by atoms with E-state index >= 15 is 0 Å². The van der Waals surface area contributed by atoms with Crippen molar-refractivity contribution in [3.05, 3.63) is 71.4 Å². The summed E-state index contributed by atoms with van der Waals surface area (Å²) in [7, 11) is -2.00. The molecule has 1 saturated carbocycles. The van der Waals surface area contributed by atoms with Gasteiger partial charge >= 0.3 is 0 Å². The third-order valence-electron chi connectivity index (χ3n) is 8.90. The molecule has 0 radical (unpaired) electrons. The number of aryl methyl sites for hydroxylation is 2. The fourth-order valence-corrected chi connectivity index (χ4v) is 7.96. The number of rotatable bonds is 7. The first-order valence-electron chi connectivity index (χ1n) is 13.5. The highest BCUT2D eigenvalue weighted by molar-refractivity contribution is 7.89. The Balaban J connectivity index is 1.10. The monoisotopic (exact) mass is 518 g/mol. The normalized spacial score (nSPS) is 27.5. The van der Waals surface area contributed by atoms with E-state index in [4.69, 9.17) is 0 Å². The van der Waals surface area contributed by atoms with Crippen LogP contribution in [-0.4, -0.2) is 66.6 Å². The lowest BCUT2D eigenvalue weighted by Gasteiger charge is -2.43. The minimum absolute atomic E-state index is 0.0309. The van der Waals surface area contributed by atoms with E-state index in [1.165, 1.54) is 59.2 Å². The molecule has 1 aromatic heterocycles. The molecule has 4 atom stereocenters. The van der Waals surface area contributed by atoms with Gasteiger partial charge in [-0.25, -0.2) is 13.1 Å². The van der Waals surface area contributed by atoms with Crippen molar-refractivity contribution < 1.29 is 8.42 Å². The molecule has 2 aliphatic heterocycles. The Hall–Kier alpha value is -2.75. The smallest absolute Gasteiger partial charge is 0.261 e. The second-order valence-electron chi connectivity index (χ2n) is 11.4. The van der Waals surface area contributed by atoms with Crippen LogP contribution in [0.2, 0.25) is 0 Å². The van der Waals surface area contributed by atoms with Crippen LogP contribution in [0.3, 0.4) is 0 Å². The van der Waals surface area contributed by atoms with Crippen molar-refractivity contribution in [3.8, 4) is 0 Å². The fourth-order valence-electron chi connectivity index (χ4n) is 6.81. The standard InChI is InChI=1S/C28H34N6O2S/c1-32-18-28(29-31-32)37(35,36)30-23-16-33(17-23)24-9-7-20-8-10-27(34-14-21-12-22(21)15-34)26(25(20)13-24)11-19-5-3-2-4-6-19/h2-7,9,13,18,21-23,26-27,30H,8,10-12,14-17H2,1H3/t21?,22?,26-,27+/m1/s1. The van der Waals surface area contributed by atoms with E-state index in [-0.39, 0.29) is 11.1 Å². The lowest BCUT2D eigenvalue weighted by Crippen LogP contribution is -2.59. The number of nitrogens with zero attached hydrogens (tertiary/aromatic N) is 5. The molecule has 7 rings (SSSR count). The number of hydrogen-bond acceptors (Lipinski definition) is 6. The Kier molecular flexibility index (Phi) is 5.64. The second kappa shape index (κ2) is 8.92. The summed E-state index contributed by atoms with van der Waals surface area (Å²) >= 11 is 0. The van der Waals surface area contributed by atoms with Crippen LogP contribution in [0.4, 0.5) is 5.69 Å². The predicted molar refractivity (Wildman–Crippen MR) is 142 cm³/mol. The number of nitrogens with one attached hydrogen (secondary N) is 1. The molecule has 3 fully saturated rings. The summed E-state index contributed by atoms with van der Waals surface area (Å²) in [5, 5.41) is 7.48. The zero-order valence-electron chi connectivity index (χ0n) is 21.2. The highest BCUT2D eigenvalue weighted by Crippen LogP contribution is 2.49. The van der Waals surface area contributed by atoms with Crippen molar-refractivity contribution in [2.24, 2.45) is 18.9 Å². The topological polar surface area (TPSA) is 83.4 Å². The van der Waals surface area contributed by atoms with Gasteiger partial charge in [0.1, 0.15) is 0 Å². The largest absolute Gasteiger partial charge is 0.368 e. The van der Waals surface area contributed by atoms with Gasteiger partial charge in [0.15, 0.2) is 0 Å². The Morgan fingerprint density at radius 1 is 1.03 bits per heavy atom. The van der Waals surface area contributed by atoms with Crippen LogP contribution >= 0.6 is 0 Å². The van der Waals surface area contributed by atoms with Crippen LogP contribution in [0.5, 0.6) is 0 Å². The first-order chi connectivity index (χ1) is 17.9. The van der Waals surface area contributed by atoms with Crippen molar-refractivity contribution in [3.63, 3.8) is 0 Å². The molecule has 0 bridgehead atoms. The van der Waals surface area contributed by atoms with Crippen molar-refractivity contribution >= 4 is 15.7 Å². The Morgan fingerprint density at radius 3 is 2.54 bits per heavy atom. The molecule has 2 unspecified atom stereocenters. The van der Waals surface area contributed by atoms with Gasteiger partial charge in [0, 0.05) is 50.9 Å². The maximum absolute atomic E-state index is 12.6. The first kappa shape index (κ1) is 23.4. The van der Waals surface area contributed by atoms with Crippen molar-refractivity contribution in [1.82, 2.24) is 24.6 Å². The van der Waals surface area contributed by atoms with Crippen LogP contribution in [0.1, 0.15) is 35.4 Å². The van der Waals surface area contributed by atoms with E-state index in [9.17, 15) is 8.42 Å². The number of hydrogen-bond donors (Lipinski definition) is 1. The minimum Gasteiger partial charge on any atom is -0.368 e. The van der Waals surface area contributed by atoms with Crippen LogP contribution < -0.4 is 9.62 Å². The molecule has 8 nitrogen and oxygen atoms in total. The summed E-state index contributed by atoms with van der Waals surface area (Å²) in [5.74, 6) is 2.36. The van der Waals surface area contributed by atoms with Gasteiger partial charge in [-0.1, -0.05) is 41.6 Å². The summed E-state index contributed by atoms with van der Waals surface area (Å²) in [6, 6.07) is 18.3. The molecule has 2 aromatic carbocycles. The van der Waals surface area contributed by atoms with E-state index in [0.29, 0.717) is 25.0 Å². The molecule has 0 amide bonds. The van der Waals surface area contributed by atoms with Gasteiger partial charge < -0.3 is 4.90 Å². The molecule has 2 saturated heterocycles. The van der Waals surface area contributed by atoms with E-state index in [0.717, 1.165) is 24.7 Å². The Bertz CT molecular complexity index is 1390. The Morgan fingerprint density at radius 2 is 1.81 bits per heavy atom. The number of sulfonamides is 1. The van der Waals surface area contributed by atoms with Gasteiger partial charge in [0.2, 0.25) is 5.03 Å².